The van der Waals surface area contributed by atoms with Gasteiger partial charge in [0.2, 0.25) is 0 Å². The van der Waals surface area contributed by atoms with Crippen molar-refractivity contribution in [3.8, 4) is 0 Å². The maximum Gasteiger partial charge on any atom is 0.122 e. The van der Waals surface area contributed by atoms with Gasteiger partial charge in [0.25, 0.3) is 0 Å². The topological polar surface area (TPSA) is 40.7 Å². The van der Waals surface area contributed by atoms with E-state index in [9.17, 15) is 0 Å². The number of H-pyrrole nitrogens is 1. The maximum atomic E-state index is 4.25. The van der Waals surface area contributed by atoms with E-state index in [1.54, 1.807) is 6.20 Å². The largest absolute Gasteiger partial charge is 0.347 e. The molecule has 2 unspecified atom stereocenters. The fourth-order valence-corrected chi connectivity index (χ4v) is 1.70. The lowest BCUT2D eigenvalue weighted by Crippen LogP contribution is -2.31. The average molecular weight is 195 g/mol. The third kappa shape index (κ3) is 3.14. The molecule has 1 aromatic rings. The number of aromatic amines is 1. The number of nitrogens with one attached hydrogen (secondary N) is 2. The SMILES string of the molecule is CCCC(CC)NC(C)c1ncc[nH]1. The fraction of sp³-hybridized carbons (Fsp3) is 0.727. The zero-order valence-electron chi connectivity index (χ0n) is 9.38. The van der Waals surface area contributed by atoms with E-state index in [-0.39, 0.29) is 0 Å². The molecule has 0 amide bonds. The van der Waals surface area contributed by atoms with Gasteiger partial charge in [0.15, 0.2) is 0 Å². The van der Waals surface area contributed by atoms with Crippen molar-refractivity contribution >= 4 is 0 Å². The van der Waals surface area contributed by atoms with Crippen molar-refractivity contribution in [1.29, 1.82) is 0 Å². The summed E-state index contributed by atoms with van der Waals surface area (Å²) in [6, 6.07) is 0.932. The first-order valence-corrected chi connectivity index (χ1v) is 5.53. The lowest BCUT2D eigenvalue weighted by molar-refractivity contribution is 0.408. The summed E-state index contributed by atoms with van der Waals surface area (Å²) >= 11 is 0. The Morgan fingerprint density at radius 1 is 1.50 bits per heavy atom. The smallest absolute Gasteiger partial charge is 0.122 e. The number of aromatic nitrogens is 2. The molecule has 1 heterocycles. The molecule has 80 valence electrons. The Bertz CT molecular complexity index is 231. The Hall–Kier alpha value is -0.830. The lowest BCUT2D eigenvalue weighted by atomic mass is 10.1. The highest BCUT2D eigenvalue weighted by atomic mass is 15.0. The molecule has 1 rings (SSSR count). The van der Waals surface area contributed by atoms with E-state index < -0.39 is 0 Å². The molecule has 14 heavy (non-hydrogen) atoms. The Labute approximate surface area is 86.3 Å². The maximum absolute atomic E-state index is 4.25. The predicted octanol–water partition coefficient (Wildman–Crippen LogP) is 2.64. The molecule has 3 nitrogen and oxygen atoms in total. The zero-order valence-corrected chi connectivity index (χ0v) is 9.38. The van der Waals surface area contributed by atoms with Gasteiger partial charge in [-0.3, -0.25) is 0 Å². The second-order valence-electron chi connectivity index (χ2n) is 3.76. The molecule has 0 radical (unpaired) electrons. The number of hydrogen-bond acceptors (Lipinski definition) is 2. The molecule has 0 fully saturated rings. The van der Waals surface area contributed by atoms with Crippen molar-refractivity contribution in [2.45, 2.75) is 52.1 Å². The summed E-state index contributed by atoms with van der Waals surface area (Å²) < 4.78 is 0. The standard InChI is InChI=1S/C11H21N3/c1-4-6-10(5-2)14-9(3)11-12-7-8-13-11/h7-10,14H,4-6H2,1-3H3,(H,12,13). The summed E-state index contributed by atoms with van der Waals surface area (Å²) in [5.41, 5.74) is 0. The summed E-state index contributed by atoms with van der Waals surface area (Å²) in [5.74, 6) is 1.03. The van der Waals surface area contributed by atoms with Crippen molar-refractivity contribution in [3.63, 3.8) is 0 Å². The molecule has 0 saturated heterocycles. The molecule has 0 aliphatic heterocycles. The molecule has 2 N–H and O–H groups in total. The molecular formula is C11H21N3. The molecule has 0 saturated carbocycles. The monoisotopic (exact) mass is 195 g/mol. The third-order valence-electron chi connectivity index (χ3n) is 2.55. The van der Waals surface area contributed by atoms with Crippen LogP contribution in [0.5, 0.6) is 0 Å². The number of hydrogen-bond donors (Lipinski definition) is 2. The molecular weight excluding hydrogens is 174 g/mol. The van der Waals surface area contributed by atoms with Gasteiger partial charge in [-0.15, -0.1) is 0 Å². The normalized spacial score (nSPS) is 15.4. The molecule has 0 spiro atoms. The fourth-order valence-electron chi connectivity index (χ4n) is 1.70. The summed E-state index contributed by atoms with van der Waals surface area (Å²) in [6.45, 7) is 6.60. The second kappa shape index (κ2) is 5.81. The first kappa shape index (κ1) is 11.2. The van der Waals surface area contributed by atoms with E-state index in [1.165, 1.54) is 19.3 Å². The van der Waals surface area contributed by atoms with Crippen LogP contribution in [0.4, 0.5) is 0 Å². The number of nitrogens with zero attached hydrogens (tertiary/aromatic N) is 1. The van der Waals surface area contributed by atoms with E-state index in [0.717, 1.165) is 5.82 Å². The minimum atomic E-state index is 0.321. The Balaban J connectivity index is 2.42. The quantitative estimate of drug-likeness (QED) is 0.732. The van der Waals surface area contributed by atoms with E-state index in [0.29, 0.717) is 12.1 Å². The van der Waals surface area contributed by atoms with Gasteiger partial charge < -0.3 is 10.3 Å². The van der Waals surface area contributed by atoms with E-state index in [1.807, 2.05) is 6.20 Å². The Morgan fingerprint density at radius 2 is 2.29 bits per heavy atom. The van der Waals surface area contributed by atoms with Crippen LogP contribution in [0, 0.1) is 0 Å². The number of rotatable bonds is 6. The van der Waals surface area contributed by atoms with Crippen molar-refractivity contribution in [2.75, 3.05) is 0 Å². The molecule has 1 aromatic heterocycles. The van der Waals surface area contributed by atoms with Crippen molar-refractivity contribution in [3.05, 3.63) is 18.2 Å². The second-order valence-corrected chi connectivity index (χ2v) is 3.76. The summed E-state index contributed by atoms with van der Waals surface area (Å²) in [6.07, 6.45) is 7.32. The zero-order chi connectivity index (χ0) is 10.4. The van der Waals surface area contributed by atoms with Crippen molar-refractivity contribution < 1.29 is 0 Å². The minimum absolute atomic E-state index is 0.321. The van der Waals surface area contributed by atoms with Crippen LogP contribution in [0.1, 0.15) is 51.9 Å². The van der Waals surface area contributed by atoms with Crippen LogP contribution in [0.2, 0.25) is 0 Å². The van der Waals surface area contributed by atoms with Gasteiger partial charge in [-0.1, -0.05) is 20.3 Å². The van der Waals surface area contributed by atoms with Crippen LogP contribution in [-0.2, 0) is 0 Å². The molecule has 2 atom stereocenters. The van der Waals surface area contributed by atoms with Gasteiger partial charge >= 0.3 is 0 Å². The average Bonchev–Trinajstić information content (AvgIpc) is 2.69. The van der Waals surface area contributed by atoms with Crippen molar-refractivity contribution in [2.24, 2.45) is 0 Å². The van der Waals surface area contributed by atoms with E-state index >= 15 is 0 Å². The van der Waals surface area contributed by atoms with Crippen LogP contribution >= 0.6 is 0 Å². The highest BCUT2D eigenvalue weighted by molar-refractivity contribution is 4.94. The van der Waals surface area contributed by atoms with Crippen LogP contribution < -0.4 is 5.32 Å². The van der Waals surface area contributed by atoms with Gasteiger partial charge in [-0.05, 0) is 19.8 Å². The Morgan fingerprint density at radius 3 is 2.79 bits per heavy atom. The molecule has 0 aromatic carbocycles. The highest BCUT2D eigenvalue weighted by Gasteiger charge is 2.12. The first-order chi connectivity index (χ1) is 6.77. The van der Waals surface area contributed by atoms with Gasteiger partial charge in [0, 0.05) is 18.4 Å². The Kier molecular flexibility index (Phi) is 4.66. The van der Waals surface area contributed by atoms with Gasteiger partial charge in [-0.25, -0.2) is 4.98 Å². The van der Waals surface area contributed by atoms with Crippen molar-refractivity contribution in [1.82, 2.24) is 15.3 Å². The van der Waals surface area contributed by atoms with Crippen LogP contribution in [0.25, 0.3) is 0 Å². The minimum Gasteiger partial charge on any atom is -0.347 e. The van der Waals surface area contributed by atoms with Crippen LogP contribution in [0.15, 0.2) is 12.4 Å². The molecule has 3 heteroatoms. The van der Waals surface area contributed by atoms with E-state index in [4.69, 9.17) is 0 Å². The lowest BCUT2D eigenvalue weighted by Gasteiger charge is -2.20. The predicted molar refractivity (Wildman–Crippen MR) is 59.1 cm³/mol. The number of imidazole rings is 1. The van der Waals surface area contributed by atoms with Gasteiger partial charge in [0.05, 0.1) is 6.04 Å². The highest BCUT2D eigenvalue weighted by Crippen LogP contribution is 2.10. The van der Waals surface area contributed by atoms with E-state index in [2.05, 4.69) is 36.1 Å². The third-order valence-corrected chi connectivity index (χ3v) is 2.55. The molecule has 0 aliphatic rings. The van der Waals surface area contributed by atoms with Crippen LogP contribution in [-0.4, -0.2) is 16.0 Å². The van der Waals surface area contributed by atoms with Gasteiger partial charge in [0.1, 0.15) is 5.82 Å². The summed E-state index contributed by atoms with van der Waals surface area (Å²) in [5, 5.41) is 3.58. The first-order valence-electron chi connectivity index (χ1n) is 5.53. The molecule has 0 bridgehead atoms. The molecule has 0 aliphatic carbocycles. The van der Waals surface area contributed by atoms with Crippen LogP contribution in [0.3, 0.4) is 0 Å². The van der Waals surface area contributed by atoms with Gasteiger partial charge in [-0.2, -0.15) is 0 Å². The summed E-state index contributed by atoms with van der Waals surface area (Å²) in [4.78, 5) is 7.38. The summed E-state index contributed by atoms with van der Waals surface area (Å²) in [7, 11) is 0.